The molecule has 0 atom stereocenters. The molecule has 7 heteroatoms. The van der Waals surface area contributed by atoms with E-state index in [0.29, 0.717) is 11.5 Å². The number of rotatable bonds is 6. The lowest BCUT2D eigenvalue weighted by Crippen LogP contribution is -2.11. The first-order valence-electron chi connectivity index (χ1n) is 6.51. The molecule has 0 heterocycles. The highest BCUT2D eigenvalue weighted by atomic mass is 127. The van der Waals surface area contributed by atoms with Crippen LogP contribution in [0.2, 0.25) is 0 Å². The quantitative estimate of drug-likeness (QED) is 0.486. The molecule has 5 nitrogen and oxygen atoms in total. The molecule has 0 aliphatic heterocycles. The van der Waals surface area contributed by atoms with Gasteiger partial charge in [-0.15, -0.1) is 0 Å². The normalized spacial score (nSPS) is 10.7. The molecule has 0 amide bonds. The van der Waals surface area contributed by atoms with Crippen LogP contribution in [0.15, 0.2) is 45.9 Å². The molecule has 0 spiro atoms. The molecule has 0 aliphatic carbocycles. The van der Waals surface area contributed by atoms with E-state index >= 15 is 0 Å². The minimum absolute atomic E-state index is 0.412. The molecule has 0 bridgehead atoms. The van der Waals surface area contributed by atoms with Gasteiger partial charge in [0.15, 0.2) is 18.1 Å². The Kier molecular flexibility index (Phi) is 6.40. The molecule has 2 rings (SSSR count). The predicted molar refractivity (Wildman–Crippen MR) is 100 cm³/mol. The van der Waals surface area contributed by atoms with Gasteiger partial charge in [0.2, 0.25) is 0 Å². The van der Waals surface area contributed by atoms with Crippen LogP contribution in [-0.2, 0) is 4.79 Å². The van der Waals surface area contributed by atoms with Crippen LogP contribution >= 0.6 is 38.5 Å². The van der Waals surface area contributed by atoms with Gasteiger partial charge in [0.05, 0.1) is 16.4 Å². The van der Waals surface area contributed by atoms with Gasteiger partial charge in [-0.25, -0.2) is 4.79 Å². The second-order valence-electron chi connectivity index (χ2n) is 4.45. The molecule has 0 unspecified atom stereocenters. The van der Waals surface area contributed by atoms with E-state index in [-0.39, 0.29) is 0 Å². The number of nitrogens with zero attached hydrogens (tertiary/aromatic N) is 1. The Hall–Kier alpha value is -1.61. The van der Waals surface area contributed by atoms with E-state index in [4.69, 9.17) is 14.6 Å². The number of carboxylic acids is 1. The summed E-state index contributed by atoms with van der Waals surface area (Å²) in [6.07, 6.45) is 1.72. The number of carboxylic acid groups (broad SMARTS) is 1. The third kappa shape index (κ3) is 5.21. The molecule has 1 N–H and O–H groups in total. The van der Waals surface area contributed by atoms with Crippen LogP contribution in [0.3, 0.4) is 0 Å². The van der Waals surface area contributed by atoms with Crippen molar-refractivity contribution < 1.29 is 19.4 Å². The number of ether oxygens (including phenoxy) is 2. The second-order valence-corrected chi connectivity index (χ2v) is 6.53. The van der Waals surface area contributed by atoms with Crippen molar-refractivity contribution in [1.82, 2.24) is 0 Å². The largest absolute Gasteiger partial charge is 0.493 e. The molecular formula is C16H13BrINO4. The molecule has 2 aromatic rings. The average molecular weight is 490 g/mol. The van der Waals surface area contributed by atoms with E-state index in [1.807, 2.05) is 30.3 Å². The van der Waals surface area contributed by atoms with Crippen LogP contribution in [0.4, 0.5) is 5.69 Å². The monoisotopic (exact) mass is 489 g/mol. The van der Waals surface area contributed by atoms with Gasteiger partial charge in [-0.05, 0) is 58.5 Å². The molecule has 0 saturated carbocycles. The number of hydrogen-bond acceptors (Lipinski definition) is 4. The Morgan fingerprint density at radius 2 is 2.17 bits per heavy atom. The summed E-state index contributed by atoms with van der Waals surface area (Å²) in [5.74, 6) is -0.160. The van der Waals surface area contributed by atoms with E-state index in [0.717, 1.165) is 19.3 Å². The van der Waals surface area contributed by atoms with Crippen LogP contribution < -0.4 is 9.47 Å². The summed E-state index contributed by atoms with van der Waals surface area (Å²) in [7, 11) is 1.51. The van der Waals surface area contributed by atoms with Crippen molar-refractivity contribution in [3.8, 4) is 11.5 Å². The Morgan fingerprint density at radius 1 is 1.39 bits per heavy atom. The first-order valence-corrected chi connectivity index (χ1v) is 8.38. The SMILES string of the molecule is COc1cc(C=Nc2cccc(Br)c2)cc(I)c1OCC(=O)O. The topological polar surface area (TPSA) is 68.1 Å². The van der Waals surface area contributed by atoms with Crippen molar-refractivity contribution in [2.45, 2.75) is 0 Å². The van der Waals surface area contributed by atoms with E-state index in [1.54, 1.807) is 12.3 Å². The molecule has 0 saturated heterocycles. The molecule has 0 aromatic heterocycles. The number of benzene rings is 2. The Bertz CT molecular complexity index is 749. The summed E-state index contributed by atoms with van der Waals surface area (Å²) >= 11 is 5.48. The summed E-state index contributed by atoms with van der Waals surface area (Å²) in [6, 6.07) is 11.2. The van der Waals surface area contributed by atoms with E-state index < -0.39 is 12.6 Å². The van der Waals surface area contributed by atoms with E-state index in [2.05, 4.69) is 43.5 Å². The van der Waals surface area contributed by atoms with Crippen molar-refractivity contribution in [3.05, 3.63) is 50.0 Å². The molecule has 0 aliphatic rings. The zero-order valence-electron chi connectivity index (χ0n) is 12.1. The molecule has 120 valence electrons. The number of carbonyl (C=O) groups is 1. The summed E-state index contributed by atoms with van der Waals surface area (Å²) in [5.41, 5.74) is 1.65. The van der Waals surface area contributed by atoms with Gasteiger partial charge < -0.3 is 14.6 Å². The van der Waals surface area contributed by atoms with Crippen LogP contribution in [0.25, 0.3) is 0 Å². The third-order valence-electron chi connectivity index (χ3n) is 2.76. The summed E-state index contributed by atoms with van der Waals surface area (Å²) in [6.45, 7) is -0.419. The summed E-state index contributed by atoms with van der Waals surface area (Å²) in [4.78, 5) is 15.1. The van der Waals surface area contributed by atoms with Crippen molar-refractivity contribution in [1.29, 1.82) is 0 Å². The summed E-state index contributed by atoms with van der Waals surface area (Å²) < 4.78 is 12.3. The highest BCUT2D eigenvalue weighted by Crippen LogP contribution is 2.33. The molecular weight excluding hydrogens is 477 g/mol. The fourth-order valence-corrected chi connectivity index (χ4v) is 2.96. The van der Waals surface area contributed by atoms with Crippen molar-refractivity contribution >= 4 is 56.4 Å². The Labute approximate surface area is 155 Å². The minimum Gasteiger partial charge on any atom is -0.493 e. The van der Waals surface area contributed by atoms with Gasteiger partial charge >= 0.3 is 5.97 Å². The standard InChI is InChI=1S/C16H13BrINO4/c1-22-14-6-10(5-13(18)16(14)23-9-15(20)21)8-19-12-4-2-3-11(17)7-12/h2-8H,9H2,1H3,(H,20,21). The lowest BCUT2D eigenvalue weighted by molar-refractivity contribution is -0.139. The third-order valence-corrected chi connectivity index (χ3v) is 4.06. The number of hydrogen-bond donors (Lipinski definition) is 1. The fourth-order valence-electron chi connectivity index (χ4n) is 1.79. The zero-order chi connectivity index (χ0) is 16.8. The predicted octanol–water partition coefficient (Wildman–Crippen LogP) is 4.28. The van der Waals surface area contributed by atoms with Crippen LogP contribution in [-0.4, -0.2) is 31.0 Å². The van der Waals surface area contributed by atoms with Gasteiger partial charge in [-0.3, -0.25) is 4.99 Å². The molecule has 0 radical (unpaired) electrons. The van der Waals surface area contributed by atoms with Crippen LogP contribution in [0.5, 0.6) is 11.5 Å². The summed E-state index contributed by atoms with van der Waals surface area (Å²) in [5, 5.41) is 8.72. The zero-order valence-corrected chi connectivity index (χ0v) is 15.9. The van der Waals surface area contributed by atoms with E-state index in [1.165, 1.54) is 7.11 Å². The van der Waals surface area contributed by atoms with Gasteiger partial charge in [0, 0.05) is 10.7 Å². The molecule has 23 heavy (non-hydrogen) atoms. The number of halogens is 2. The highest BCUT2D eigenvalue weighted by Gasteiger charge is 2.12. The lowest BCUT2D eigenvalue weighted by atomic mass is 10.2. The van der Waals surface area contributed by atoms with Gasteiger partial charge in [-0.2, -0.15) is 0 Å². The van der Waals surface area contributed by atoms with Crippen molar-refractivity contribution in [3.63, 3.8) is 0 Å². The van der Waals surface area contributed by atoms with Crippen molar-refractivity contribution in [2.24, 2.45) is 4.99 Å². The van der Waals surface area contributed by atoms with Crippen LogP contribution in [0, 0.1) is 3.57 Å². The molecule has 0 fully saturated rings. The number of aliphatic carboxylic acids is 1. The maximum atomic E-state index is 10.6. The number of methoxy groups -OCH3 is 1. The fraction of sp³-hybridized carbons (Fsp3) is 0.125. The van der Waals surface area contributed by atoms with Gasteiger partial charge in [0.1, 0.15) is 0 Å². The first kappa shape index (κ1) is 17.7. The highest BCUT2D eigenvalue weighted by molar-refractivity contribution is 14.1. The smallest absolute Gasteiger partial charge is 0.341 e. The van der Waals surface area contributed by atoms with Gasteiger partial charge in [0.25, 0.3) is 0 Å². The average Bonchev–Trinajstić information content (AvgIpc) is 2.51. The maximum absolute atomic E-state index is 10.6. The van der Waals surface area contributed by atoms with Crippen LogP contribution in [0.1, 0.15) is 5.56 Å². The second kappa shape index (κ2) is 8.30. The maximum Gasteiger partial charge on any atom is 0.341 e. The van der Waals surface area contributed by atoms with E-state index in [9.17, 15) is 4.79 Å². The minimum atomic E-state index is -1.04. The number of aliphatic imine (C=N–C) groups is 1. The Morgan fingerprint density at radius 3 is 2.83 bits per heavy atom. The Balaban J connectivity index is 2.26. The lowest BCUT2D eigenvalue weighted by Gasteiger charge is -2.12. The first-order chi connectivity index (χ1) is 11.0. The van der Waals surface area contributed by atoms with Crippen molar-refractivity contribution in [2.75, 3.05) is 13.7 Å². The van der Waals surface area contributed by atoms with Gasteiger partial charge in [-0.1, -0.05) is 22.0 Å². The molecule has 2 aromatic carbocycles.